The van der Waals surface area contributed by atoms with Crippen molar-refractivity contribution in [3.05, 3.63) is 35.9 Å². The molecule has 1 aliphatic heterocycles. The molecule has 1 aromatic rings. The third kappa shape index (κ3) is 3.65. The Kier molecular flexibility index (Phi) is 5.57. The van der Waals surface area contributed by atoms with E-state index >= 15 is 0 Å². The summed E-state index contributed by atoms with van der Waals surface area (Å²) in [6.45, 7) is 2.59. The molecule has 0 bridgehead atoms. The van der Waals surface area contributed by atoms with Gasteiger partial charge in [-0.3, -0.25) is 0 Å². The van der Waals surface area contributed by atoms with Gasteiger partial charge in [0.2, 0.25) is 0 Å². The second-order valence-corrected chi connectivity index (χ2v) is 7.46. The van der Waals surface area contributed by atoms with E-state index in [1.165, 1.54) is 6.42 Å². The molecular formula is C20H29NO3. The monoisotopic (exact) mass is 331 g/mol. The Morgan fingerprint density at radius 1 is 1.25 bits per heavy atom. The van der Waals surface area contributed by atoms with E-state index in [9.17, 15) is 9.90 Å². The van der Waals surface area contributed by atoms with Gasteiger partial charge in [0.15, 0.2) is 5.60 Å². The van der Waals surface area contributed by atoms with E-state index < -0.39 is 11.6 Å². The van der Waals surface area contributed by atoms with E-state index in [1.54, 1.807) is 0 Å². The highest BCUT2D eigenvalue weighted by Crippen LogP contribution is 2.41. The number of ether oxygens (including phenoxy) is 1. The lowest BCUT2D eigenvalue weighted by molar-refractivity contribution is -0.174. The van der Waals surface area contributed by atoms with Crippen LogP contribution < -0.4 is 0 Å². The van der Waals surface area contributed by atoms with Crippen LogP contribution in [-0.4, -0.2) is 42.7 Å². The molecule has 4 heteroatoms. The van der Waals surface area contributed by atoms with Crippen LogP contribution in [-0.2, 0) is 15.1 Å². The summed E-state index contributed by atoms with van der Waals surface area (Å²) in [5, 5.41) is 11.3. The molecule has 3 rings (SSSR count). The molecule has 2 atom stereocenters. The SMILES string of the molecule is CN1CCC(CCOC(=O)C(O)(c2ccccc2)C2CCCC2)C1. The van der Waals surface area contributed by atoms with Crippen LogP contribution in [0.1, 0.15) is 44.1 Å². The van der Waals surface area contributed by atoms with Gasteiger partial charge in [0.25, 0.3) is 0 Å². The van der Waals surface area contributed by atoms with Crippen LogP contribution in [0.5, 0.6) is 0 Å². The summed E-state index contributed by atoms with van der Waals surface area (Å²) >= 11 is 0. The predicted octanol–water partition coefficient (Wildman–Crippen LogP) is 2.95. The molecule has 1 saturated heterocycles. The minimum Gasteiger partial charge on any atom is -0.463 e. The molecule has 1 heterocycles. The topological polar surface area (TPSA) is 49.8 Å². The van der Waals surface area contributed by atoms with Gasteiger partial charge < -0.3 is 14.7 Å². The van der Waals surface area contributed by atoms with Crippen molar-refractivity contribution in [1.82, 2.24) is 4.90 Å². The Balaban J connectivity index is 1.65. The standard InChI is InChI=1S/C20H29NO3/c1-21-13-11-16(15-21)12-14-24-19(22)20(23,18-9-5-6-10-18)17-7-3-2-4-8-17/h2-4,7-8,16,18,23H,5-6,9-15H2,1H3. The van der Waals surface area contributed by atoms with Gasteiger partial charge in [-0.2, -0.15) is 0 Å². The molecule has 2 aliphatic rings. The number of carbonyl (C=O) groups excluding carboxylic acids is 1. The van der Waals surface area contributed by atoms with Gasteiger partial charge in [0, 0.05) is 12.5 Å². The molecule has 0 spiro atoms. The fourth-order valence-electron chi connectivity index (χ4n) is 4.25. The largest absolute Gasteiger partial charge is 0.463 e. The molecule has 1 N–H and O–H groups in total. The number of hydrogen-bond donors (Lipinski definition) is 1. The van der Waals surface area contributed by atoms with Crippen LogP contribution in [0.15, 0.2) is 30.3 Å². The fraction of sp³-hybridized carbons (Fsp3) is 0.650. The highest BCUT2D eigenvalue weighted by atomic mass is 16.5. The molecular weight excluding hydrogens is 302 g/mol. The molecule has 0 amide bonds. The Morgan fingerprint density at radius 2 is 1.96 bits per heavy atom. The maximum absolute atomic E-state index is 12.8. The molecule has 1 saturated carbocycles. The molecule has 1 aliphatic carbocycles. The first-order chi connectivity index (χ1) is 11.6. The number of likely N-dealkylation sites (tertiary alicyclic amines) is 1. The van der Waals surface area contributed by atoms with E-state index in [-0.39, 0.29) is 5.92 Å². The molecule has 4 nitrogen and oxygen atoms in total. The van der Waals surface area contributed by atoms with Crippen LogP contribution in [0.25, 0.3) is 0 Å². The number of benzene rings is 1. The van der Waals surface area contributed by atoms with Crippen LogP contribution >= 0.6 is 0 Å². The van der Waals surface area contributed by atoms with Crippen molar-refractivity contribution in [2.75, 3.05) is 26.7 Å². The van der Waals surface area contributed by atoms with Crippen molar-refractivity contribution in [1.29, 1.82) is 0 Å². The zero-order valence-electron chi connectivity index (χ0n) is 14.6. The lowest BCUT2D eigenvalue weighted by Gasteiger charge is -2.32. The Hall–Kier alpha value is -1.39. The Morgan fingerprint density at radius 3 is 2.58 bits per heavy atom. The maximum Gasteiger partial charge on any atom is 0.343 e. The van der Waals surface area contributed by atoms with E-state index in [2.05, 4.69) is 11.9 Å². The second kappa shape index (κ2) is 7.66. The van der Waals surface area contributed by atoms with E-state index in [4.69, 9.17) is 4.74 Å². The molecule has 24 heavy (non-hydrogen) atoms. The minimum absolute atomic E-state index is 0.0370. The van der Waals surface area contributed by atoms with Crippen molar-refractivity contribution < 1.29 is 14.6 Å². The van der Waals surface area contributed by atoms with Crippen LogP contribution in [0.2, 0.25) is 0 Å². The van der Waals surface area contributed by atoms with Crippen molar-refractivity contribution in [3.63, 3.8) is 0 Å². The summed E-state index contributed by atoms with van der Waals surface area (Å²) in [7, 11) is 2.13. The zero-order chi connectivity index (χ0) is 17.0. The van der Waals surface area contributed by atoms with Gasteiger partial charge in [-0.25, -0.2) is 4.79 Å². The number of esters is 1. The van der Waals surface area contributed by atoms with Gasteiger partial charge in [0.1, 0.15) is 0 Å². The number of rotatable bonds is 6. The van der Waals surface area contributed by atoms with Crippen LogP contribution in [0.4, 0.5) is 0 Å². The Bertz CT molecular complexity index is 541. The number of carbonyl (C=O) groups is 1. The van der Waals surface area contributed by atoms with Crippen molar-refractivity contribution >= 4 is 5.97 Å². The fourth-order valence-corrected chi connectivity index (χ4v) is 4.25. The average Bonchev–Trinajstić information content (AvgIpc) is 3.27. The average molecular weight is 331 g/mol. The lowest BCUT2D eigenvalue weighted by atomic mass is 9.80. The van der Waals surface area contributed by atoms with Crippen molar-refractivity contribution in [3.8, 4) is 0 Å². The zero-order valence-corrected chi connectivity index (χ0v) is 14.6. The maximum atomic E-state index is 12.8. The highest BCUT2D eigenvalue weighted by molar-refractivity contribution is 5.81. The smallest absolute Gasteiger partial charge is 0.343 e. The number of aliphatic hydroxyl groups is 1. The first-order valence-electron chi connectivity index (χ1n) is 9.24. The summed E-state index contributed by atoms with van der Waals surface area (Å²) in [6, 6.07) is 9.32. The summed E-state index contributed by atoms with van der Waals surface area (Å²) in [4.78, 5) is 15.1. The Labute approximate surface area is 144 Å². The van der Waals surface area contributed by atoms with Crippen molar-refractivity contribution in [2.24, 2.45) is 11.8 Å². The highest BCUT2D eigenvalue weighted by Gasteiger charge is 2.47. The summed E-state index contributed by atoms with van der Waals surface area (Å²) in [5.74, 6) is 0.0936. The van der Waals surface area contributed by atoms with Gasteiger partial charge in [0.05, 0.1) is 6.61 Å². The van der Waals surface area contributed by atoms with Crippen LogP contribution in [0, 0.1) is 11.8 Å². The summed E-state index contributed by atoms with van der Waals surface area (Å²) in [6.07, 6.45) is 5.95. The van der Waals surface area contributed by atoms with E-state index in [1.807, 2.05) is 30.3 Å². The van der Waals surface area contributed by atoms with Crippen LogP contribution in [0.3, 0.4) is 0 Å². The lowest BCUT2D eigenvalue weighted by Crippen LogP contribution is -2.43. The minimum atomic E-state index is -1.50. The number of hydrogen-bond acceptors (Lipinski definition) is 4. The third-order valence-electron chi connectivity index (χ3n) is 5.72. The number of nitrogens with zero attached hydrogens (tertiary/aromatic N) is 1. The molecule has 2 fully saturated rings. The molecule has 0 radical (unpaired) electrons. The van der Waals surface area contributed by atoms with Gasteiger partial charge in [-0.1, -0.05) is 43.2 Å². The quantitative estimate of drug-likeness (QED) is 0.814. The second-order valence-electron chi connectivity index (χ2n) is 7.46. The summed E-state index contributed by atoms with van der Waals surface area (Å²) < 4.78 is 5.56. The normalized spacial score (nSPS) is 24.8. The third-order valence-corrected chi connectivity index (χ3v) is 5.72. The van der Waals surface area contributed by atoms with E-state index in [0.29, 0.717) is 18.1 Å². The first kappa shape index (κ1) is 17.4. The van der Waals surface area contributed by atoms with E-state index in [0.717, 1.165) is 45.2 Å². The molecule has 132 valence electrons. The molecule has 0 aromatic heterocycles. The molecule has 2 unspecified atom stereocenters. The van der Waals surface area contributed by atoms with Gasteiger partial charge >= 0.3 is 5.97 Å². The predicted molar refractivity (Wildman–Crippen MR) is 93.5 cm³/mol. The summed E-state index contributed by atoms with van der Waals surface area (Å²) in [5.41, 5.74) is -0.827. The van der Waals surface area contributed by atoms with Crippen molar-refractivity contribution in [2.45, 2.75) is 44.1 Å². The van der Waals surface area contributed by atoms with Gasteiger partial charge in [-0.05, 0) is 50.8 Å². The first-order valence-corrected chi connectivity index (χ1v) is 9.24. The van der Waals surface area contributed by atoms with Gasteiger partial charge in [-0.15, -0.1) is 0 Å². The molecule has 1 aromatic carbocycles.